The van der Waals surface area contributed by atoms with Gasteiger partial charge in [-0.25, -0.2) is 0 Å². The third-order valence-electron chi connectivity index (χ3n) is 4.30. The van der Waals surface area contributed by atoms with Crippen LogP contribution in [0.2, 0.25) is 0 Å². The molecule has 0 bridgehead atoms. The molecule has 0 rings (SSSR count). The van der Waals surface area contributed by atoms with Gasteiger partial charge < -0.3 is 5.11 Å². The molecule has 0 saturated carbocycles. The van der Waals surface area contributed by atoms with E-state index in [1.807, 2.05) is 0 Å². The number of hydrogen-bond donors (Lipinski definition) is 2. The molecule has 0 aliphatic rings. The van der Waals surface area contributed by atoms with Crippen LogP contribution in [0, 0.1) is 0 Å². The van der Waals surface area contributed by atoms with Crippen molar-refractivity contribution in [2.24, 2.45) is 0 Å². The van der Waals surface area contributed by atoms with Gasteiger partial charge in [-0.1, -0.05) is 96.8 Å². The number of carboxylic acid groups (broad SMARTS) is 1. The zero-order chi connectivity index (χ0) is 16.5. The molecule has 3 heteroatoms. The fraction of sp³-hybridized carbons (Fsp3) is 0.947. The first-order valence-electron chi connectivity index (χ1n) is 9.56. The molecular formula is C19H38O2S. The summed E-state index contributed by atoms with van der Waals surface area (Å²) in [7, 11) is 0. The molecule has 0 saturated heterocycles. The normalized spacial score (nSPS) is 12.5. The van der Waals surface area contributed by atoms with Crippen LogP contribution in [0.5, 0.6) is 0 Å². The van der Waals surface area contributed by atoms with Crippen LogP contribution >= 0.6 is 12.6 Å². The molecule has 0 radical (unpaired) electrons. The van der Waals surface area contributed by atoms with Crippen LogP contribution in [-0.4, -0.2) is 16.3 Å². The number of hydrogen-bond acceptors (Lipinski definition) is 2. The van der Waals surface area contributed by atoms with Crippen molar-refractivity contribution in [3.05, 3.63) is 0 Å². The van der Waals surface area contributed by atoms with E-state index in [-0.39, 0.29) is 11.7 Å². The lowest BCUT2D eigenvalue weighted by Gasteiger charge is -2.07. The van der Waals surface area contributed by atoms with Crippen LogP contribution in [0.25, 0.3) is 0 Å². The van der Waals surface area contributed by atoms with E-state index in [0.29, 0.717) is 0 Å². The maximum atomic E-state index is 10.5. The quantitative estimate of drug-likeness (QED) is 0.232. The molecule has 2 nitrogen and oxygen atoms in total. The monoisotopic (exact) mass is 330 g/mol. The summed E-state index contributed by atoms with van der Waals surface area (Å²) >= 11 is 4.31. The van der Waals surface area contributed by atoms with Crippen LogP contribution in [-0.2, 0) is 4.79 Å². The SMILES string of the molecule is CCCCCCCCCCCCCCCCC(S)CC(=O)O. The average molecular weight is 331 g/mol. The van der Waals surface area contributed by atoms with Crippen LogP contribution in [0.3, 0.4) is 0 Å². The summed E-state index contributed by atoms with van der Waals surface area (Å²) in [5, 5.41) is 8.69. The van der Waals surface area contributed by atoms with E-state index in [0.717, 1.165) is 12.8 Å². The Morgan fingerprint density at radius 3 is 1.50 bits per heavy atom. The topological polar surface area (TPSA) is 37.3 Å². The summed E-state index contributed by atoms with van der Waals surface area (Å²) in [4.78, 5) is 10.5. The highest BCUT2D eigenvalue weighted by Crippen LogP contribution is 2.15. The summed E-state index contributed by atoms with van der Waals surface area (Å²) in [6.45, 7) is 2.27. The lowest BCUT2D eigenvalue weighted by Crippen LogP contribution is -2.06. The third-order valence-corrected chi connectivity index (χ3v) is 4.74. The van der Waals surface area contributed by atoms with Crippen molar-refractivity contribution >= 4 is 18.6 Å². The minimum atomic E-state index is -0.731. The van der Waals surface area contributed by atoms with Crippen LogP contribution in [0.15, 0.2) is 0 Å². The summed E-state index contributed by atoms with van der Waals surface area (Å²) in [6, 6.07) is 0. The maximum absolute atomic E-state index is 10.5. The number of unbranched alkanes of at least 4 members (excludes halogenated alkanes) is 13. The average Bonchev–Trinajstić information content (AvgIpc) is 2.47. The number of rotatable bonds is 17. The minimum absolute atomic E-state index is 0.0369. The number of aliphatic carboxylic acids is 1. The Kier molecular flexibility index (Phi) is 17.0. The lowest BCUT2D eigenvalue weighted by molar-refractivity contribution is -0.137. The molecule has 1 atom stereocenters. The second-order valence-electron chi connectivity index (χ2n) is 6.64. The Hall–Kier alpha value is -0.180. The summed E-state index contributed by atoms with van der Waals surface area (Å²) in [5.41, 5.74) is 0. The van der Waals surface area contributed by atoms with E-state index in [1.165, 1.54) is 83.5 Å². The Labute approximate surface area is 143 Å². The lowest BCUT2D eigenvalue weighted by atomic mass is 10.0. The zero-order valence-electron chi connectivity index (χ0n) is 14.7. The van der Waals surface area contributed by atoms with E-state index in [9.17, 15) is 4.79 Å². The molecule has 0 aliphatic heterocycles. The Balaban J connectivity index is 3.07. The molecule has 0 aromatic carbocycles. The van der Waals surface area contributed by atoms with Crippen LogP contribution in [0.1, 0.15) is 110 Å². The van der Waals surface area contributed by atoms with Gasteiger partial charge in [-0.15, -0.1) is 0 Å². The van der Waals surface area contributed by atoms with E-state index in [1.54, 1.807) is 0 Å². The van der Waals surface area contributed by atoms with Crippen molar-refractivity contribution in [3.8, 4) is 0 Å². The summed E-state index contributed by atoms with van der Waals surface area (Å²) < 4.78 is 0. The second-order valence-corrected chi connectivity index (χ2v) is 7.37. The van der Waals surface area contributed by atoms with Crippen molar-refractivity contribution in [3.63, 3.8) is 0 Å². The third kappa shape index (κ3) is 17.9. The van der Waals surface area contributed by atoms with Gasteiger partial charge in [0.1, 0.15) is 0 Å². The number of thiol groups is 1. The second kappa shape index (κ2) is 17.2. The Morgan fingerprint density at radius 2 is 1.14 bits per heavy atom. The Morgan fingerprint density at radius 1 is 0.773 bits per heavy atom. The van der Waals surface area contributed by atoms with Crippen molar-refractivity contribution in [2.45, 2.75) is 115 Å². The van der Waals surface area contributed by atoms with Crippen LogP contribution < -0.4 is 0 Å². The predicted molar refractivity (Wildman–Crippen MR) is 100.0 cm³/mol. The largest absolute Gasteiger partial charge is 0.481 e. The van der Waals surface area contributed by atoms with Crippen molar-refractivity contribution in [2.75, 3.05) is 0 Å². The van der Waals surface area contributed by atoms with Crippen molar-refractivity contribution in [1.29, 1.82) is 0 Å². The van der Waals surface area contributed by atoms with Gasteiger partial charge in [0.15, 0.2) is 0 Å². The van der Waals surface area contributed by atoms with E-state index in [4.69, 9.17) is 5.11 Å². The smallest absolute Gasteiger partial charge is 0.304 e. The molecule has 132 valence electrons. The minimum Gasteiger partial charge on any atom is -0.481 e. The summed E-state index contributed by atoms with van der Waals surface area (Å²) in [6.07, 6.45) is 20.2. The molecule has 0 aromatic heterocycles. The Bertz CT molecular complexity index is 244. The fourth-order valence-corrected chi connectivity index (χ4v) is 3.22. The fourth-order valence-electron chi connectivity index (χ4n) is 2.88. The van der Waals surface area contributed by atoms with Gasteiger partial charge in [0, 0.05) is 5.25 Å². The van der Waals surface area contributed by atoms with Gasteiger partial charge in [0.25, 0.3) is 0 Å². The number of carboxylic acids is 1. The molecule has 0 aromatic rings. The van der Waals surface area contributed by atoms with Gasteiger partial charge in [0.05, 0.1) is 6.42 Å². The molecule has 1 N–H and O–H groups in total. The first kappa shape index (κ1) is 21.8. The molecule has 0 aliphatic carbocycles. The highest BCUT2D eigenvalue weighted by atomic mass is 32.1. The number of carbonyl (C=O) groups is 1. The van der Waals surface area contributed by atoms with Gasteiger partial charge in [-0.3, -0.25) is 4.79 Å². The molecule has 1 unspecified atom stereocenters. The first-order valence-corrected chi connectivity index (χ1v) is 10.1. The molecule has 0 spiro atoms. The summed E-state index contributed by atoms with van der Waals surface area (Å²) in [5.74, 6) is -0.731. The first-order chi connectivity index (χ1) is 10.7. The van der Waals surface area contributed by atoms with E-state index < -0.39 is 5.97 Å². The van der Waals surface area contributed by atoms with Crippen LogP contribution in [0.4, 0.5) is 0 Å². The molecule has 0 heterocycles. The highest BCUT2D eigenvalue weighted by molar-refractivity contribution is 7.81. The standard InChI is InChI=1S/C19H38O2S/c1-2-3-4-5-6-7-8-9-10-11-12-13-14-15-16-18(22)17-19(20)21/h18,22H,2-17H2,1H3,(H,20,21). The maximum Gasteiger partial charge on any atom is 0.304 e. The highest BCUT2D eigenvalue weighted by Gasteiger charge is 2.07. The van der Waals surface area contributed by atoms with Gasteiger partial charge in [-0.05, 0) is 6.42 Å². The molecule has 0 amide bonds. The van der Waals surface area contributed by atoms with Gasteiger partial charge in [0.2, 0.25) is 0 Å². The van der Waals surface area contributed by atoms with Gasteiger partial charge in [-0.2, -0.15) is 12.6 Å². The van der Waals surface area contributed by atoms with Gasteiger partial charge >= 0.3 is 5.97 Å². The zero-order valence-corrected chi connectivity index (χ0v) is 15.6. The molecular weight excluding hydrogens is 292 g/mol. The predicted octanol–water partition coefficient (Wildman–Crippen LogP) is 6.63. The van der Waals surface area contributed by atoms with E-state index in [2.05, 4.69) is 19.6 Å². The van der Waals surface area contributed by atoms with E-state index >= 15 is 0 Å². The van der Waals surface area contributed by atoms with Crippen molar-refractivity contribution in [1.82, 2.24) is 0 Å². The van der Waals surface area contributed by atoms with Crippen molar-refractivity contribution < 1.29 is 9.90 Å². The molecule has 22 heavy (non-hydrogen) atoms. The molecule has 0 fully saturated rings.